The second-order valence-corrected chi connectivity index (χ2v) is 9.64. The highest BCUT2D eigenvalue weighted by atomic mass is 19.1. The van der Waals surface area contributed by atoms with E-state index in [2.05, 4.69) is 37.9 Å². The van der Waals surface area contributed by atoms with Crippen LogP contribution in [0.25, 0.3) is 0 Å². The molecule has 0 radical (unpaired) electrons. The number of carbonyl (C=O) groups excluding carboxylic acids is 3. The fourth-order valence-electron chi connectivity index (χ4n) is 3.43. The predicted octanol–water partition coefficient (Wildman–Crippen LogP) is 5.95. The van der Waals surface area contributed by atoms with Crippen LogP contribution in [0.2, 0.25) is 0 Å². The van der Waals surface area contributed by atoms with Crippen molar-refractivity contribution >= 4 is 18.0 Å². The number of aromatic nitrogens is 1. The van der Waals surface area contributed by atoms with Crippen LogP contribution in [-0.4, -0.2) is 36.1 Å². The van der Waals surface area contributed by atoms with Gasteiger partial charge in [0, 0.05) is 12.3 Å². The highest BCUT2D eigenvalue weighted by Gasteiger charge is 2.18. The molecular weight excluding hydrogens is 529 g/mol. The Bertz CT molecular complexity index is 1280. The minimum atomic E-state index is -1.12. The summed E-state index contributed by atoms with van der Waals surface area (Å²) in [7, 11) is 0. The summed E-state index contributed by atoms with van der Waals surface area (Å²) < 4.78 is 29.4. The van der Waals surface area contributed by atoms with Gasteiger partial charge in [0.05, 0.1) is 12.1 Å². The first kappa shape index (κ1) is 32.9. The van der Waals surface area contributed by atoms with E-state index in [0.717, 1.165) is 31.3 Å². The van der Waals surface area contributed by atoms with E-state index >= 15 is 0 Å². The van der Waals surface area contributed by atoms with Gasteiger partial charge in [0.2, 0.25) is 5.91 Å². The van der Waals surface area contributed by atoms with Crippen molar-refractivity contribution in [2.24, 2.45) is 5.73 Å². The average Bonchev–Trinajstić information content (AvgIpc) is 2.92. The molecule has 1 aromatic carbocycles. The third-order valence-corrected chi connectivity index (χ3v) is 5.75. The molecule has 0 unspecified atom stereocenters. The molecule has 0 aliphatic rings. The molecule has 2 aromatic rings. The summed E-state index contributed by atoms with van der Waals surface area (Å²) in [5, 5.41) is 1.93. The molecule has 0 bridgehead atoms. The molecule has 0 aliphatic heterocycles. The van der Waals surface area contributed by atoms with Crippen molar-refractivity contribution in [1.82, 2.24) is 10.3 Å². The number of hydrogen-bond acceptors (Lipinski definition) is 8. The monoisotopic (exact) mass is 567 g/mol. The maximum absolute atomic E-state index is 13.2. The first-order valence-corrected chi connectivity index (χ1v) is 13.3. The number of benzene rings is 1. The van der Waals surface area contributed by atoms with Gasteiger partial charge in [0.15, 0.2) is 5.75 Å². The van der Waals surface area contributed by atoms with Gasteiger partial charge in [-0.2, -0.15) is 0 Å². The van der Waals surface area contributed by atoms with Crippen LogP contribution in [0.5, 0.6) is 11.6 Å². The number of esters is 1. The Morgan fingerprint density at radius 1 is 0.976 bits per heavy atom. The second-order valence-electron chi connectivity index (χ2n) is 9.64. The Labute approximate surface area is 240 Å². The Balaban J connectivity index is 2.01. The van der Waals surface area contributed by atoms with Crippen LogP contribution in [0.1, 0.15) is 69.3 Å². The number of imide groups is 1. The van der Waals surface area contributed by atoms with Crippen LogP contribution in [0.4, 0.5) is 9.18 Å². The Hall–Kier alpha value is -4.31. The lowest BCUT2D eigenvalue weighted by Crippen LogP contribution is -2.37. The van der Waals surface area contributed by atoms with Crippen LogP contribution >= 0.6 is 0 Å². The first-order chi connectivity index (χ1) is 19.6. The number of rotatable bonds is 14. The standard InChI is InChI=1S/C31H38FN3O6/c1-21(2)7-5-8-22(3)9-6-10-23(4)15-16-39-30(37)25-17-27(40-20-24-11-13-26(32)14-12-24)29(34-19-25)41-31(38)35-28(36)18-33/h7,9,11-15,17,19H,5-6,8,10,16,18,20,33H2,1-4H3,(H,35,36,38). The van der Waals surface area contributed by atoms with Gasteiger partial charge in [-0.3, -0.25) is 10.1 Å². The van der Waals surface area contributed by atoms with Gasteiger partial charge in [-0.05, 0) is 77.2 Å². The lowest BCUT2D eigenvalue weighted by molar-refractivity contribution is -0.118. The molecule has 9 nitrogen and oxygen atoms in total. The van der Waals surface area contributed by atoms with E-state index in [0.29, 0.717) is 5.56 Å². The van der Waals surface area contributed by atoms with Crippen molar-refractivity contribution in [2.75, 3.05) is 13.2 Å². The maximum Gasteiger partial charge on any atom is 0.420 e. The van der Waals surface area contributed by atoms with Gasteiger partial charge in [-0.15, -0.1) is 0 Å². The molecule has 1 aromatic heterocycles. The fraction of sp³-hybridized carbons (Fsp3) is 0.355. The number of nitrogens with zero attached hydrogens (tertiary/aromatic N) is 1. The molecule has 0 fully saturated rings. The van der Waals surface area contributed by atoms with Gasteiger partial charge in [0.1, 0.15) is 19.0 Å². The number of ether oxygens (including phenoxy) is 3. The van der Waals surface area contributed by atoms with Crippen LogP contribution in [0, 0.1) is 5.82 Å². The number of nitrogens with one attached hydrogen (secondary N) is 1. The molecule has 0 spiro atoms. The van der Waals surface area contributed by atoms with Gasteiger partial charge in [0.25, 0.3) is 5.88 Å². The Kier molecular flexibility index (Phi) is 14.0. The molecule has 41 heavy (non-hydrogen) atoms. The topological polar surface area (TPSA) is 130 Å². The molecule has 220 valence electrons. The highest BCUT2D eigenvalue weighted by Crippen LogP contribution is 2.27. The van der Waals surface area contributed by atoms with Crippen LogP contribution in [0.3, 0.4) is 0 Å². The molecule has 0 saturated heterocycles. The summed E-state index contributed by atoms with van der Waals surface area (Å²) >= 11 is 0. The molecule has 0 saturated carbocycles. The van der Waals surface area contributed by atoms with Crippen molar-refractivity contribution in [2.45, 2.75) is 60.0 Å². The second kappa shape index (κ2) is 17.4. The Morgan fingerprint density at radius 2 is 1.63 bits per heavy atom. The predicted molar refractivity (Wildman–Crippen MR) is 154 cm³/mol. The molecule has 2 rings (SSSR count). The summed E-state index contributed by atoms with van der Waals surface area (Å²) in [6, 6.07) is 6.89. The van der Waals surface area contributed by atoms with Gasteiger partial charge in [-0.1, -0.05) is 41.0 Å². The summed E-state index contributed by atoms with van der Waals surface area (Å²) in [5.41, 5.74) is 9.63. The van der Waals surface area contributed by atoms with E-state index in [-0.39, 0.29) is 30.4 Å². The van der Waals surface area contributed by atoms with E-state index in [1.165, 1.54) is 47.7 Å². The van der Waals surface area contributed by atoms with E-state index in [1.807, 2.05) is 18.3 Å². The molecule has 0 aliphatic carbocycles. The average molecular weight is 568 g/mol. The summed E-state index contributed by atoms with van der Waals surface area (Å²) in [5.74, 6) is -2.16. The van der Waals surface area contributed by atoms with E-state index < -0.39 is 30.3 Å². The molecule has 10 heteroatoms. The number of hydrogen-bond donors (Lipinski definition) is 2. The SMILES string of the molecule is CC(C)=CCCC(C)=CCCC(C)=CCOC(=O)c1cnc(OC(=O)NC(=O)CN)c(OCc2ccc(F)cc2)c1. The van der Waals surface area contributed by atoms with E-state index in [1.54, 1.807) is 0 Å². The van der Waals surface area contributed by atoms with Crippen molar-refractivity contribution in [3.63, 3.8) is 0 Å². The van der Waals surface area contributed by atoms with Crippen molar-refractivity contribution in [3.05, 3.63) is 88.4 Å². The first-order valence-electron chi connectivity index (χ1n) is 13.3. The minimum Gasteiger partial charge on any atom is -0.483 e. The number of nitrogens with two attached hydrogens (primary N) is 1. The zero-order chi connectivity index (χ0) is 30.2. The van der Waals surface area contributed by atoms with Crippen molar-refractivity contribution < 1.29 is 33.0 Å². The maximum atomic E-state index is 13.2. The summed E-state index contributed by atoms with van der Waals surface area (Å²) in [6.45, 7) is 7.93. The van der Waals surface area contributed by atoms with Crippen LogP contribution < -0.4 is 20.5 Å². The number of pyridine rings is 1. The molecule has 1 heterocycles. The van der Waals surface area contributed by atoms with Gasteiger partial charge >= 0.3 is 12.1 Å². The molecule has 0 atom stereocenters. The zero-order valence-electron chi connectivity index (χ0n) is 24.0. The molecular formula is C31H38FN3O6. The van der Waals surface area contributed by atoms with Crippen molar-refractivity contribution in [3.8, 4) is 11.6 Å². The van der Waals surface area contributed by atoms with Gasteiger partial charge < -0.3 is 19.9 Å². The third-order valence-electron chi connectivity index (χ3n) is 5.75. The number of halogens is 1. The largest absolute Gasteiger partial charge is 0.483 e. The van der Waals surface area contributed by atoms with Crippen molar-refractivity contribution in [1.29, 1.82) is 0 Å². The van der Waals surface area contributed by atoms with Crippen LogP contribution in [-0.2, 0) is 16.1 Å². The normalized spacial score (nSPS) is 11.5. The van der Waals surface area contributed by atoms with Crippen LogP contribution in [0.15, 0.2) is 71.5 Å². The lowest BCUT2D eigenvalue weighted by Gasteiger charge is -2.12. The minimum absolute atomic E-state index is 0.0367. The molecule has 3 N–H and O–H groups in total. The number of carbonyl (C=O) groups is 3. The number of allylic oxidation sites excluding steroid dienone is 5. The number of amides is 2. The lowest BCUT2D eigenvalue weighted by atomic mass is 10.1. The summed E-state index contributed by atoms with van der Waals surface area (Å²) in [6.07, 6.45) is 10.2. The van der Waals surface area contributed by atoms with E-state index in [9.17, 15) is 18.8 Å². The van der Waals surface area contributed by atoms with E-state index in [4.69, 9.17) is 19.9 Å². The Morgan fingerprint density at radius 3 is 2.29 bits per heavy atom. The quantitative estimate of drug-likeness (QED) is 0.212. The molecule has 2 amide bonds. The highest BCUT2D eigenvalue weighted by molar-refractivity contribution is 5.93. The fourth-order valence-corrected chi connectivity index (χ4v) is 3.43. The third kappa shape index (κ3) is 13.1. The zero-order valence-corrected chi connectivity index (χ0v) is 24.0. The smallest absolute Gasteiger partial charge is 0.420 e. The summed E-state index contributed by atoms with van der Waals surface area (Å²) in [4.78, 5) is 40.1. The van der Waals surface area contributed by atoms with Gasteiger partial charge in [-0.25, -0.2) is 19.0 Å².